The van der Waals surface area contributed by atoms with Crippen molar-refractivity contribution in [3.8, 4) is 0 Å². The number of fused-ring (bicyclic) bond motifs is 1. The molecule has 0 fully saturated rings. The number of imidazole rings is 1. The molecule has 0 unspecified atom stereocenters. The van der Waals surface area contributed by atoms with Crippen molar-refractivity contribution in [2.75, 3.05) is 11.9 Å². The molecule has 1 N–H and O–H groups in total. The van der Waals surface area contributed by atoms with Crippen molar-refractivity contribution >= 4 is 17.1 Å². The van der Waals surface area contributed by atoms with Gasteiger partial charge in [0.05, 0.1) is 6.54 Å². The highest BCUT2D eigenvalue weighted by Gasteiger charge is 2.18. The van der Waals surface area contributed by atoms with Gasteiger partial charge in [0.2, 0.25) is 5.95 Å². The van der Waals surface area contributed by atoms with Gasteiger partial charge in [-0.05, 0) is 24.1 Å². The van der Waals surface area contributed by atoms with E-state index in [1.165, 1.54) is 29.5 Å². The number of aromatic nitrogens is 4. The van der Waals surface area contributed by atoms with Crippen LogP contribution < -0.4 is 16.6 Å². The summed E-state index contributed by atoms with van der Waals surface area (Å²) >= 11 is 0. The summed E-state index contributed by atoms with van der Waals surface area (Å²) < 4.78 is 17.6. The highest BCUT2D eigenvalue weighted by molar-refractivity contribution is 5.74. The molecule has 0 saturated carbocycles. The van der Waals surface area contributed by atoms with E-state index in [2.05, 4.69) is 17.2 Å². The summed E-state index contributed by atoms with van der Waals surface area (Å²) in [4.78, 5) is 30.2. The molecule has 0 amide bonds. The maximum atomic E-state index is 13.5. The Balaban J connectivity index is 1.98. The lowest BCUT2D eigenvalue weighted by molar-refractivity contribution is 0.616. The monoisotopic (exact) mass is 387 g/mol. The predicted molar refractivity (Wildman–Crippen MR) is 108 cm³/mol. The van der Waals surface area contributed by atoms with Crippen molar-refractivity contribution in [2.24, 2.45) is 14.1 Å². The molecule has 0 spiro atoms. The smallest absolute Gasteiger partial charge is 0.332 e. The molecule has 0 radical (unpaired) electrons. The molecule has 0 saturated heterocycles. The Morgan fingerprint density at radius 1 is 1.11 bits per heavy atom. The number of benzene rings is 1. The van der Waals surface area contributed by atoms with Gasteiger partial charge >= 0.3 is 5.69 Å². The zero-order chi connectivity index (χ0) is 20.3. The van der Waals surface area contributed by atoms with Crippen molar-refractivity contribution in [2.45, 2.75) is 39.2 Å². The van der Waals surface area contributed by atoms with Gasteiger partial charge in [-0.3, -0.25) is 13.9 Å². The third-order valence-corrected chi connectivity index (χ3v) is 4.90. The zero-order valence-electron chi connectivity index (χ0n) is 16.5. The molecule has 0 aliphatic rings. The molecular formula is C20H26FN5O2. The van der Waals surface area contributed by atoms with Gasteiger partial charge in [0.1, 0.15) is 5.82 Å². The van der Waals surface area contributed by atoms with E-state index >= 15 is 0 Å². The maximum absolute atomic E-state index is 13.5. The summed E-state index contributed by atoms with van der Waals surface area (Å²) in [5.41, 5.74) is 0.319. The molecule has 0 bridgehead atoms. The summed E-state index contributed by atoms with van der Waals surface area (Å²) in [6.07, 6.45) is 4.49. The topological polar surface area (TPSA) is 73.8 Å². The molecule has 7 nitrogen and oxygen atoms in total. The second-order valence-corrected chi connectivity index (χ2v) is 7.02. The molecule has 2 heterocycles. The number of hydrogen-bond donors (Lipinski definition) is 1. The second kappa shape index (κ2) is 8.41. The zero-order valence-corrected chi connectivity index (χ0v) is 16.5. The lowest BCUT2D eigenvalue weighted by Gasteiger charge is -2.09. The van der Waals surface area contributed by atoms with Crippen LogP contribution in [0, 0.1) is 5.82 Å². The first kappa shape index (κ1) is 19.9. The van der Waals surface area contributed by atoms with Gasteiger partial charge in [0.25, 0.3) is 5.56 Å². The van der Waals surface area contributed by atoms with Gasteiger partial charge in [-0.15, -0.1) is 0 Å². The number of anilines is 1. The quantitative estimate of drug-likeness (QED) is 0.603. The molecule has 3 rings (SSSR count). The van der Waals surface area contributed by atoms with E-state index in [0.717, 1.165) is 24.0 Å². The highest BCUT2D eigenvalue weighted by Crippen LogP contribution is 2.14. The molecular weight excluding hydrogens is 361 g/mol. The Hall–Kier alpha value is -2.90. The van der Waals surface area contributed by atoms with Gasteiger partial charge in [-0.25, -0.2) is 9.18 Å². The summed E-state index contributed by atoms with van der Waals surface area (Å²) in [7, 11) is 3.34. The third kappa shape index (κ3) is 3.85. The van der Waals surface area contributed by atoms with Crippen LogP contribution in [0.3, 0.4) is 0 Å². The first-order valence-electron chi connectivity index (χ1n) is 9.58. The number of aryl methyl sites for hydroxylation is 2. The normalized spacial score (nSPS) is 11.3. The molecule has 0 atom stereocenters. The fraction of sp³-hybridized carbons (Fsp3) is 0.450. The van der Waals surface area contributed by atoms with Crippen molar-refractivity contribution in [1.82, 2.24) is 18.7 Å². The van der Waals surface area contributed by atoms with E-state index in [1.54, 1.807) is 30.8 Å². The first-order chi connectivity index (χ1) is 13.4. The van der Waals surface area contributed by atoms with E-state index < -0.39 is 17.1 Å². The Morgan fingerprint density at radius 2 is 1.89 bits per heavy atom. The predicted octanol–water partition coefficient (Wildman–Crippen LogP) is 2.61. The van der Waals surface area contributed by atoms with E-state index in [9.17, 15) is 14.0 Å². The van der Waals surface area contributed by atoms with Crippen LogP contribution >= 0.6 is 0 Å². The first-order valence-corrected chi connectivity index (χ1v) is 9.58. The van der Waals surface area contributed by atoms with Crippen LogP contribution in [-0.2, 0) is 20.6 Å². The molecule has 28 heavy (non-hydrogen) atoms. The van der Waals surface area contributed by atoms with Crippen molar-refractivity contribution in [3.05, 3.63) is 56.5 Å². The average Bonchev–Trinajstić information content (AvgIpc) is 3.00. The second-order valence-electron chi connectivity index (χ2n) is 7.02. The lowest BCUT2D eigenvalue weighted by atomic mass is 10.2. The largest absolute Gasteiger partial charge is 0.356 e. The minimum atomic E-state index is -0.477. The van der Waals surface area contributed by atoms with Gasteiger partial charge < -0.3 is 9.88 Å². The van der Waals surface area contributed by atoms with Crippen molar-refractivity contribution in [1.29, 1.82) is 0 Å². The SMILES string of the molecule is CCCCCCNc1nc2c(c(=O)n(Cc3cccc(F)c3)c(=O)n2C)n1C. The summed E-state index contributed by atoms with van der Waals surface area (Å²) in [5, 5.41) is 3.25. The van der Waals surface area contributed by atoms with E-state index in [0.29, 0.717) is 22.7 Å². The molecule has 0 aliphatic heterocycles. The number of unbranched alkanes of at least 4 members (excludes halogenated alkanes) is 3. The van der Waals surface area contributed by atoms with E-state index in [1.807, 2.05) is 0 Å². The van der Waals surface area contributed by atoms with Crippen molar-refractivity contribution in [3.63, 3.8) is 0 Å². The lowest BCUT2D eigenvalue weighted by Crippen LogP contribution is -2.39. The molecule has 0 aliphatic carbocycles. The van der Waals surface area contributed by atoms with Gasteiger partial charge in [-0.1, -0.05) is 38.3 Å². The van der Waals surface area contributed by atoms with Crippen LogP contribution in [0.1, 0.15) is 38.2 Å². The van der Waals surface area contributed by atoms with Crippen LogP contribution in [-0.4, -0.2) is 25.2 Å². The number of nitrogens with one attached hydrogen (secondary N) is 1. The van der Waals surface area contributed by atoms with Crippen LogP contribution in [0.4, 0.5) is 10.3 Å². The summed E-state index contributed by atoms with van der Waals surface area (Å²) in [6.45, 7) is 2.92. The molecule has 2 aromatic heterocycles. The van der Waals surface area contributed by atoms with Crippen LogP contribution in [0.5, 0.6) is 0 Å². The molecule has 1 aromatic carbocycles. The minimum absolute atomic E-state index is 0.00413. The van der Waals surface area contributed by atoms with E-state index in [4.69, 9.17) is 0 Å². The van der Waals surface area contributed by atoms with Crippen molar-refractivity contribution < 1.29 is 4.39 Å². The fourth-order valence-corrected chi connectivity index (χ4v) is 3.31. The average molecular weight is 387 g/mol. The van der Waals surface area contributed by atoms with Crippen LogP contribution in [0.25, 0.3) is 11.2 Å². The Kier molecular flexibility index (Phi) is 5.96. The van der Waals surface area contributed by atoms with Crippen LogP contribution in [0.2, 0.25) is 0 Å². The fourth-order valence-electron chi connectivity index (χ4n) is 3.31. The number of rotatable bonds is 8. The summed E-state index contributed by atoms with van der Waals surface area (Å²) in [6, 6.07) is 5.89. The third-order valence-electron chi connectivity index (χ3n) is 4.90. The molecule has 8 heteroatoms. The molecule has 150 valence electrons. The Morgan fingerprint density at radius 3 is 2.61 bits per heavy atom. The maximum Gasteiger partial charge on any atom is 0.332 e. The Labute approximate surface area is 162 Å². The van der Waals surface area contributed by atoms with E-state index in [-0.39, 0.29) is 6.54 Å². The number of nitrogens with zero attached hydrogens (tertiary/aromatic N) is 4. The van der Waals surface area contributed by atoms with Gasteiger partial charge in [-0.2, -0.15) is 4.98 Å². The molecule has 3 aromatic rings. The number of hydrogen-bond acceptors (Lipinski definition) is 4. The highest BCUT2D eigenvalue weighted by atomic mass is 19.1. The summed E-state index contributed by atoms with van der Waals surface area (Å²) in [5.74, 6) is 0.153. The number of halogens is 1. The van der Waals surface area contributed by atoms with Gasteiger partial charge in [0.15, 0.2) is 11.2 Å². The van der Waals surface area contributed by atoms with Gasteiger partial charge in [0, 0.05) is 20.6 Å². The Bertz CT molecular complexity index is 1100. The standard InChI is InChI=1S/C20H26FN5O2/c1-4-5-6-7-11-22-19-23-17-16(24(19)2)18(27)26(20(28)25(17)3)13-14-9-8-10-15(21)12-14/h8-10,12H,4-7,11,13H2,1-3H3,(H,22,23). The van der Waals surface area contributed by atoms with Crippen LogP contribution in [0.15, 0.2) is 33.9 Å². The minimum Gasteiger partial charge on any atom is -0.356 e.